The molecule has 0 aliphatic heterocycles. The summed E-state index contributed by atoms with van der Waals surface area (Å²) in [7, 11) is 0. The average molecular weight is 397 g/mol. The summed E-state index contributed by atoms with van der Waals surface area (Å²) in [5, 5.41) is 5.61. The van der Waals surface area contributed by atoms with Gasteiger partial charge in [-0.1, -0.05) is 36.4 Å². The van der Waals surface area contributed by atoms with E-state index in [1.165, 1.54) is 6.07 Å². The maximum atomic E-state index is 13.6. The lowest BCUT2D eigenvalue weighted by Crippen LogP contribution is -2.45. The van der Waals surface area contributed by atoms with Crippen molar-refractivity contribution in [2.24, 2.45) is 5.92 Å². The zero-order chi connectivity index (χ0) is 20.8. The second-order valence-electron chi connectivity index (χ2n) is 7.63. The first kappa shape index (κ1) is 20.8. The van der Waals surface area contributed by atoms with Gasteiger partial charge in [0.25, 0.3) is 5.91 Å². The lowest BCUT2D eigenvalue weighted by molar-refractivity contribution is 0.0952. The van der Waals surface area contributed by atoms with Crippen molar-refractivity contribution < 1.29 is 14.0 Å². The number of hydrogen-bond donors (Lipinski definition) is 2. The van der Waals surface area contributed by atoms with Gasteiger partial charge in [0.05, 0.1) is 6.04 Å². The number of aryl methyl sites for hydroxylation is 1. The fourth-order valence-corrected chi connectivity index (χ4v) is 3.19. The summed E-state index contributed by atoms with van der Waals surface area (Å²) in [5.74, 6) is -0.190. The Morgan fingerprint density at radius 1 is 1.10 bits per heavy atom. The van der Waals surface area contributed by atoms with Crippen LogP contribution in [-0.4, -0.2) is 36.5 Å². The van der Waals surface area contributed by atoms with E-state index in [0.717, 1.165) is 24.9 Å². The zero-order valence-electron chi connectivity index (χ0n) is 17.0. The Balaban J connectivity index is 1.50. The van der Waals surface area contributed by atoms with Crippen molar-refractivity contribution in [1.29, 1.82) is 0 Å². The molecular weight excluding hydrogens is 369 g/mol. The maximum Gasteiger partial charge on any atom is 0.317 e. The molecular formula is C23H28FN3O2. The minimum Gasteiger partial charge on any atom is -0.350 e. The smallest absolute Gasteiger partial charge is 0.317 e. The Hall–Kier alpha value is -2.89. The SMILES string of the molecule is Cc1ccc(C(=O)NCCNC(=O)N(CC2CC2)C(C)c2ccccc2)cc1F. The highest BCUT2D eigenvalue weighted by Gasteiger charge is 2.30. The molecule has 0 bridgehead atoms. The van der Waals surface area contributed by atoms with Gasteiger partial charge in [-0.05, 0) is 55.9 Å². The molecule has 3 rings (SSSR count). The first-order valence-electron chi connectivity index (χ1n) is 10.1. The summed E-state index contributed by atoms with van der Waals surface area (Å²) < 4.78 is 13.6. The zero-order valence-corrected chi connectivity index (χ0v) is 17.0. The average Bonchev–Trinajstić information content (AvgIpc) is 3.55. The minimum absolute atomic E-state index is 0.0260. The molecule has 0 aromatic heterocycles. The van der Waals surface area contributed by atoms with Gasteiger partial charge in [-0.15, -0.1) is 0 Å². The van der Waals surface area contributed by atoms with Crippen LogP contribution in [0.15, 0.2) is 48.5 Å². The van der Waals surface area contributed by atoms with E-state index < -0.39 is 5.82 Å². The van der Waals surface area contributed by atoms with E-state index in [1.54, 1.807) is 19.1 Å². The summed E-state index contributed by atoms with van der Waals surface area (Å²) in [4.78, 5) is 26.8. The highest BCUT2D eigenvalue weighted by atomic mass is 19.1. The first-order chi connectivity index (χ1) is 14.0. The summed E-state index contributed by atoms with van der Waals surface area (Å²) in [6.07, 6.45) is 2.32. The number of halogens is 1. The monoisotopic (exact) mass is 397 g/mol. The number of urea groups is 1. The molecule has 1 aliphatic carbocycles. The third-order valence-electron chi connectivity index (χ3n) is 5.28. The number of carbonyl (C=O) groups excluding carboxylic acids is 2. The molecule has 2 aromatic carbocycles. The predicted molar refractivity (Wildman–Crippen MR) is 111 cm³/mol. The molecule has 0 saturated heterocycles. The highest BCUT2D eigenvalue weighted by Crippen LogP contribution is 2.32. The van der Waals surface area contributed by atoms with Gasteiger partial charge in [-0.3, -0.25) is 4.79 Å². The van der Waals surface area contributed by atoms with Crippen LogP contribution in [-0.2, 0) is 0 Å². The number of hydrogen-bond acceptors (Lipinski definition) is 2. The van der Waals surface area contributed by atoms with Crippen LogP contribution in [0.1, 0.15) is 47.3 Å². The third kappa shape index (κ3) is 5.79. The van der Waals surface area contributed by atoms with E-state index in [0.29, 0.717) is 18.0 Å². The molecule has 1 saturated carbocycles. The van der Waals surface area contributed by atoms with Gasteiger partial charge in [0, 0.05) is 25.2 Å². The molecule has 5 nitrogen and oxygen atoms in total. The van der Waals surface area contributed by atoms with Gasteiger partial charge >= 0.3 is 6.03 Å². The van der Waals surface area contributed by atoms with Crippen molar-refractivity contribution in [2.75, 3.05) is 19.6 Å². The Kier molecular flexibility index (Phi) is 6.86. The van der Waals surface area contributed by atoms with Gasteiger partial charge in [0.2, 0.25) is 0 Å². The van der Waals surface area contributed by atoms with Crippen LogP contribution < -0.4 is 10.6 Å². The molecule has 29 heavy (non-hydrogen) atoms. The Labute approximate surface area is 171 Å². The van der Waals surface area contributed by atoms with Crippen LogP contribution in [0.2, 0.25) is 0 Å². The van der Waals surface area contributed by atoms with Gasteiger partial charge in [-0.25, -0.2) is 9.18 Å². The van der Waals surface area contributed by atoms with Crippen molar-refractivity contribution in [3.05, 3.63) is 71.0 Å². The minimum atomic E-state index is -0.406. The van der Waals surface area contributed by atoms with Crippen LogP contribution in [0.3, 0.4) is 0 Å². The fourth-order valence-electron chi connectivity index (χ4n) is 3.19. The third-order valence-corrected chi connectivity index (χ3v) is 5.28. The van der Waals surface area contributed by atoms with Crippen LogP contribution in [0.25, 0.3) is 0 Å². The standard InChI is InChI=1S/C23H28FN3O2/c1-16-8-11-20(14-21(16)24)22(28)25-12-13-26-23(29)27(15-18-9-10-18)17(2)19-6-4-3-5-7-19/h3-8,11,14,17-18H,9-10,12-13,15H2,1-2H3,(H,25,28)(H,26,29). The van der Waals surface area contributed by atoms with Crippen LogP contribution in [0.4, 0.5) is 9.18 Å². The summed E-state index contributed by atoms with van der Waals surface area (Å²) >= 11 is 0. The number of nitrogens with one attached hydrogen (secondary N) is 2. The van der Waals surface area contributed by atoms with Gasteiger partial charge in [0.1, 0.15) is 5.82 Å². The molecule has 0 spiro atoms. The number of carbonyl (C=O) groups is 2. The molecule has 2 N–H and O–H groups in total. The van der Waals surface area contributed by atoms with Crippen molar-refractivity contribution >= 4 is 11.9 Å². The lowest BCUT2D eigenvalue weighted by atomic mass is 10.1. The second kappa shape index (κ2) is 9.54. The van der Waals surface area contributed by atoms with Crippen molar-refractivity contribution in [2.45, 2.75) is 32.7 Å². The molecule has 1 atom stereocenters. The van der Waals surface area contributed by atoms with E-state index in [4.69, 9.17) is 0 Å². The normalized spacial score (nSPS) is 14.2. The van der Waals surface area contributed by atoms with E-state index in [9.17, 15) is 14.0 Å². The van der Waals surface area contributed by atoms with Crippen LogP contribution >= 0.6 is 0 Å². The fraction of sp³-hybridized carbons (Fsp3) is 0.391. The number of rotatable bonds is 8. The molecule has 6 heteroatoms. The van der Waals surface area contributed by atoms with E-state index in [-0.39, 0.29) is 30.1 Å². The van der Waals surface area contributed by atoms with E-state index in [2.05, 4.69) is 10.6 Å². The number of nitrogens with zero attached hydrogens (tertiary/aromatic N) is 1. The molecule has 2 aromatic rings. The van der Waals surface area contributed by atoms with Crippen molar-refractivity contribution in [3.8, 4) is 0 Å². The van der Waals surface area contributed by atoms with E-state index >= 15 is 0 Å². The molecule has 0 radical (unpaired) electrons. The highest BCUT2D eigenvalue weighted by molar-refractivity contribution is 5.94. The summed E-state index contributed by atoms with van der Waals surface area (Å²) in [6.45, 7) is 5.00. The Morgan fingerprint density at radius 2 is 1.79 bits per heavy atom. The van der Waals surface area contributed by atoms with Gasteiger partial charge < -0.3 is 15.5 Å². The molecule has 0 heterocycles. The molecule has 3 amide bonds. The van der Waals surface area contributed by atoms with Crippen LogP contribution in [0, 0.1) is 18.7 Å². The molecule has 1 aliphatic rings. The van der Waals surface area contributed by atoms with Gasteiger partial charge in [-0.2, -0.15) is 0 Å². The Morgan fingerprint density at radius 3 is 2.45 bits per heavy atom. The largest absolute Gasteiger partial charge is 0.350 e. The Bertz CT molecular complexity index is 852. The number of benzene rings is 2. The quantitative estimate of drug-likeness (QED) is 0.660. The van der Waals surface area contributed by atoms with Crippen molar-refractivity contribution in [3.63, 3.8) is 0 Å². The van der Waals surface area contributed by atoms with Gasteiger partial charge in [0.15, 0.2) is 0 Å². The number of amides is 3. The predicted octanol–water partition coefficient (Wildman–Crippen LogP) is 4.05. The molecule has 1 fully saturated rings. The van der Waals surface area contributed by atoms with Crippen molar-refractivity contribution in [1.82, 2.24) is 15.5 Å². The summed E-state index contributed by atoms with van der Waals surface area (Å²) in [6, 6.07) is 14.2. The maximum absolute atomic E-state index is 13.6. The summed E-state index contributed by atoms with van der Waals surface area (Å²) in [5.41, 5.74) is 1.86. The van der Waals surface area contributed by atoms with Crippen LogP contribution in [0.5, 0.6) is 0 Å². The molecule has 154 valence electrons. The second-order valence-corrected chi connectivity index (χ2v) is 7.63. The molecule has 1 unspecified atom stereocenters. The van der Waals surface area contributed by atoms with E-state index in [1.807, 2.05) is 42.2 Å². The lowest BCUT2D eigenvalue weighted by Gasteiger charge is -2.30. The first-order valence-corrected chi connectivity index (χ1v) is 10.1. The topological polar surface area (TPSA) is 61.4 Å².